The Kier molecular flexibility index (Phi) is 5.21. The molecule has 144 valence electrons. The number of fused-ring (bicyclic) bond motifs is 1. The predicted octanol–water partition coefficient (Wildman–Crippen LogP) is 4.58. The number of hydrogen-bond donors (Lipinski definition) is 1. The van der Waals surface area contributed by atoms with E-state index in [4.69, 9.17) is 25.5 Å². The van der Waals surface area contributed by atoms with E-state index in [0.717, 1.165) is 29.0 Å². The van der Waals surface area contributed by atoms with Crippen LogP contribution in [0.15, 0.2) is 53.4 Å². The zero-order chi connectivity index (χ0) is 19.5. The van der Waals surface area contributed by atoms with Crippen molar-refractivity contribution in [3.05, 3.63) is 59.6 Å². The van der Waals surface area contributed by atoms with Crippen LogP contribution in [-0.4, -0.2) is 24.6 Å². The Bertz CT molecular complexity index is 974. The van der Waals surface area contributed by atoms with Gasteiger partial charge in [-0.25, -0.2) is 4.98 Å². The van der Waals surface area contributed by atoms with Crippen LogP contribution in [0.3, 0.4) is 0 Å². The molecule has 0 aliphatic carbocycles. The van der Waals surface area contributed by atoms with Crippen LogP contribution in [0.2, 0.25) is 5.02 Å². The Hall–Kier alpha value is -2.99. The lowest BCUT2D eigenvalue weighted by Crippen LogP contribution is -2.26. The maximum Gasteiger partial charge on any atom is 0.224 e. The maximum absolute atomic E-state index is 12.5. The van der Waals surface area contributed by atoms with Crippen molar-refractivity contribution < 1.29 is 18.7 Å². The normalized spacial score (nSPS) is 15.4. The van der Waals surface area contributed by atoms with E-state index < -0.39 is 0 Å². The molecule has 28 heavy (non-hydrogen) atoms. The minimum atomic E-state index is -0.0876. The summed E-state index contributed by atoms with van der Waals surface area (Å²) in [5.41, 5.74) is 2.36. The second kappa shape index (κ2) is 7.94. The highest BCUT2D eigenvalue weighted by Gasteiger charge is 2.25. The second-order valence-corrected chi connectivity index (χ2v) is 7.04. The zero-order valence-electron chi connectivity index (χ0n) is 15.3. The lowest BCUT2D eigenvalue weighted by molar-refractivity contribution is -0.117. The fraction of sp³-hybridized carbons (Fsp3) is 0.238. The molecule has 1 N–H and O–H groups in total. The molecule has 7 heteroatoms. The Balaban J connectivity index is 1.40. The van der Waals surface area contributed by atoms with E-state index in [1.165, 1.54) is 6.39 Å². The van der Waals surface area contributed by atoms with Crippen molar-refractivity contribution in [2.24, 2.45) is 5.92 Å². The van der Waals surface area contributed by atoms with Gasteiger partial charge in [0.1, 0.15) is 11.5 Å². The van der Waals surface area contributed by atoms with E-state index >= 15 is 0 Å². The zero-order valence-corrected chi connectivity index (χ0v) is 16.0. The molecular formula is C21H19ClN2O4. The summed E-state index contributed by atoms with van der Waals surface area (Å²) in [6.45, 7) is 0.499. The van der Waals surface area contributed by atoms with E-state index in [9.17, 15) is 4.79 Å². The van der Waals surface area contributed by atoms with Crippen LogP contribution in [0.4, 0.5) is 5.69 Å². The van der Waals surface area contributed by atoms with Gasteiger partial charge in [-0.15, -0.1) is 0 Å². The first-order valence-electron chi connectivity index (χ1n) is 8.91. The van der Waals surface area contributed by atoms with Crippen molar-refractivity contribution in [3.8, 4) is 22.8 Å². The number of benzene rings is 2. The minimum Gasteiger partial charge on any atom is -0.496 e. The number of rotatable bonds is 5. The van der Waals surface area contributed by atoms with Crippen LogP contribution in [0.5, 0.6) is 11.5 Å². The number of carbonyl (C=O) groups is 1. The molecule has 1 amide bonds. The standard InChI is InChI=1S/C21H19ClN2O4/c1-26-18-3-2-4-19-16(18)7-13(11-27-19)8-21(25)24-14-5-6-15(17(22)9-14)20-10-23-12-28-20/h2-6,9-10,12-13H,7-8,11H2,1H3,(H,24,25). The highest BCUT2D eigenvalue weighted by Crippen LogP contribution is 2.35. The molecule has 0 saturated carbocycles. The van der Waals surface area contributed by atoms with Crippen molar-refractivity contribution >= 4 is 23.2 Å². The Labute approximate surface area is 167 Å². The fourth-order valence-corrected chi connectivity index (χ4v) is 3.65. The minimum absolute atomic E-state index is 0.0766. The van der Waals surface area contributed by atoms with Crippen molar-refractivity contribution in [2.75, 3.05) is 19.0 Å². The maximum atomic E-state index is 12.5. The van der Waals surface area contributed by atoms with Gasteiger partial charge >= 0.3 is 0 Å². The van der Waals surface area contributed by atoms with Gasteiger partial charge < -0.3 is 19.2 Å². The smallest absolute Gasteiger partial charge is 0.224 e. The number of nitrogens with one attached hydrogen (secondary N) is 1. The van der Waals surface area contributed by atoms with Gasteiger partial charge in [0.25, 0.3) is 0 Å². The van der Waals surface area contributed by atoms with Gasteiger partial charge in [-0.05, 0) is 36.8 Å². The van der Waals surface area contributed by atoms with Gasteiger partial charge in [0.05, 0.1) is 24.9 Å². The molecule has 0 spiro atoms. The molecule has 1 aromatic heterocycles. The average molecular weight is 399 g/mol. The van der Waals surface area contributed by atoms with Crippen LogP contribution < -0.4 is 14.8 Å². The van der Waals surface area contributed by atoms with Crippen molar-refractivity contribution in [3.63, 3.8) is 0 Å². The summed E-state index contributed by atoms with van der Waals surface area (Å²) in [6.07, 6.45) is 4.02. The van der Waals surface area contributed by atoms with Gasteiger partial charge in [0.15, 0.2) is 12.2 Å². The first-order chi connectivity index (χ1) is 13.6. The molecule has 0 saturated heterocycles. The number of carbonyl (C=O) groups excluding carboxylic acids is 1. The Morgan fingerprint density at radius 2 is 2.25 bits per heavy atom. The number of aromatic nitrogens is 1. The lowest BCUT2D eigenvalue weighted by atomic mass is 9.93. The van der Waals surface area contributed by atoms with Crippen molar-refractivity contribution in [1.29, 1.82) is 0 Å². The van der Waals surface area contributed by atoms with E-state index in [0.29, 0.717) is 29.5 Å². The summed E-state index contributed by atoms with van der Waals surface area (Å²) >= 11 is 6.31. The number of methoxy groups -OCH3 is 1. The first-order valence-corrected chi connectivity index (χ1v) is 9.29. The lowest BCUT2D eigenvalue weighted by Gasteiger charge is -2.26. The van der Waals surface area contributed by atoms with E-state index in [1.54, 1.807) is 31.5 Å². The molecule has 6 nitrogen and oxygen atoms in total. The summed E-state index contributed by atoms with van der Waals surface area (Å²) in [5.74, 6) is 2.18. The molecule has 0 bridgehead atoms. The molecule has 1 aliphatic heterocycles. The molecule has 1 atom stereocenters. The number of anilines is 1. The summed E-state index contributed by atoms with van der Waals surface area (Å²) in [4.78, 5) is 16.4. The summed E-state index contributed by atoms with van der Waals surface area (Å²) in [7, 11) is 1.64. The van der Waals surface area contributed by atoms with Gasteiger partial charge in [-0.2, -0.15) is 0 Å². The summed E-state index contributed by atoms with van der Waals surface area (Å²) in [6, 6.07) is 11.0. The van der Waals surface area contributed by atoms with Crippen molar-refractivity contribution in [2.45, 2.75) is 12.8 Å². The van der Waals surface area contributed by atoms with Gasteiger partial charge in [-0.1, -0.05) is 17.7 Å². The fourth-order valence-electron chi connectivity index (χ4n) is 3.38. The SMILES string of the molecule is COc1cccc2c1CC(CC(=O)Nc1ccc(-c3cnco3)c(Cl)c1)CO2. The topological polar surface area (TPSA) is 73.6 Å². The number of ether oxygens (including phenoxy) is 2. The monoisotopic (exact) mass is 398 g/mol. The van der Waals surface area contributed by atoms with E-state index in [1.807, 2.05) is 18.2 Å². The van der Waals surface area contributed by atoms with Crippen LogP contribution in [0.1, 0.15) is 12.0 Å². The quantitative estimate of drug-likeness (QED) is 0.680. The third kappa shape index (κ3) is 3.82. The van der Waals surface area contributed by atoms with E-state index in [2.05, 4.69) is 10.3 Å². The van der Waals surface area contributed by atoms with Crippen LogP contribution in [-0.2, 0) is 11.2 Å². The Morgan fingerprint density at radius 1 is 1.36 bits per heavy atom. The number of halogens is 1. The average Bonchev–Trinajstić information content (AvgIpc) is 3.22. The third-order valence-corrected chi connectivity index (χ3v) is 5.01. The van der Waals surface area contributed by atoms with Gasteiger partial charge in [0, 0.05) is 29.2 Å². The molecular weight excluding hydrogens is 380 g/mol. The highest BCUT2D eigenvalue weighted by atomic mass is 35.5. The number of nitrogens with zero attached hydrogens (tertiary/aromatic N) is 1. The molecule has 2 aromatic carbocycles. The molecule has 1 aliphatic rings. The molecule has 4 rings (SSSR count). The number of hydrogen-bond acceptors (Lipinski definition) is 5. The number of amides is 1. The van der Waals surface area contributed by atoms with E-state index in [-0.39, 0.29) is 11.8 Å². The van der Waals surface area contributed by atoms with Crippen LogP contribution in [0, 0.1) is 5.92 Å². The second-order valence-electron chi connectivity index (χ2n) is 6.63. The molecule has 0 fully saturated rings. The molecule has 0 radical (unpaired) electrons. The largest absolute Gasteiger partial charge is 0.496 e. The molecule has 2 heterocycles. The molecule has 3 aromatic rings. The Morgan fingerprint density at radius 3 is 3.00 bits per heavy atom. The molecule has 1 unspecified atom stereocenters. The van der Waals surface area contributed by atoms with Crippen LogP contribution >= 0.6 is 11.6 Å². The first kappa shape index (κ1) is 18.4. The number of oxazole rings is 1. The van der Waals surface area contributed by atoms with Crippen molar-refractivity contribution in [1.82, 2.24) is 4.98 Å². The van der Waals surface area contributed by atoms with Gasteiger partial charge in [0.2, 0.25) is 5.91 Å². The van der Waals surface area contributed by atoms with Crippen LogP contribution in [0.25, 0.3) is 11.3 Å². The predicted molar refractivity (Wildman–Crippen MR) is 106 cm³/mol. The third-order valence-electron chi connectivity index (χ3n) is 4.70. The highest BCUT2D eigenvalue weighted by molar-refractivity contribution is 6.33. The summed E-state index contributed by atoms with van der Waals surface area (Å²) in [5, 5.41) is 3.38. The summed E-state index contributed by atoms with van der Waals surface area (Å²) < 4.78 is 16.5. The van der Waals surface area contributed by atoms with Gasteiger partial charge in [-0.3, -0.25) is 4.79 Å².